The van der Waals surface area contributed by atoms with Gasteiger partial charge < -0.3 is 4.84 Å². The molecule has 5 nitrogen and oxygen atoms in total. The van der Waals surface area contributed by atoms with Crippen LogP contribution in [0.25, 0.3) is 0 Å². The molecule has 1 fully saturated rings. The van der Waals surface area contributed by atoms with E-state index in [9.17, 15) is 10.1 Å². The van der Waals surface area contributed by atoms with Gasteiger partial charge in [0.05, 0.1) is 11.1 Å². The topological polar surface area (TPSA) is 58.7 Å². The van der Waals surface area contributed by atoms with Crippen LogP contribution in [0.5, 0.6) is 0 Å². The highest BCUT2D eigenvalue weighted by atomic mass is 17.1. The zero-order valence-electron chi connectivity index (χ0n) is 17.0. The van der Waals surface area contributed by atoms with Gasteiger partial charge in [-0.05, 0) is 52.2 Å². The lowest BCUT2D eigenvalue weighted by atomic mass is 9.82. The molecule has 0 bridgehead atoms. The number of benzene rings is 2. The first-order chi connectivity index (χ1) is 13.2. The van der Waals surface area contributed by atoms with E-state index in [1.807, 2.05) is 39.8 Å². The summed E-state index contributed by atoms with van der Waals surface area (Å²) in [7, 11) is 0. The van der Waals surface area contributed by atoms with Crippen LogP contribution in [0.3, 0.4) is 0 Å². The lowest BCUT2D eigenvalue weighted by Gasteiger charge is -2.50. The second-order valence-electron chi connectivity index (χ2n) is 8.65. The minimum Gasteiger partial charge on any atom is -0.364 e. The van der Waals surface area contributed by atoms with E-state index in [4.69, 9.17) is 9.73 Å². The molecule has 1 heterocycles. The van der Waals surface area contributed by atoms with Gasteiger partial charge in [0.2, 0.25) is 0 Å². The molecular weight excluding hydrogens is 354 g/mol. The standard InChI is InChI=1S/C23H28NO4/c1-21(2)16-11-17-22(3,4)24(21)27-20(25)23(28-26,18-12-7-5-8-13-18)19-14-9-6-10-15-19/h5-10,12-15H,11,16-17H2,1-4H3. The highest BCUT2D eigenvalue weighted by molar-refractivity contribution is 5.85. The van der Waals surface area contributed by atoms with Gasteiger partial charge >= 0.3 is 5.97 Å². The molecule has 1 aliphatic heterocycles. The Bertz CT molecular complexity index is 746. The quantitative estimate of drug-likeness (QED) is 0.551. The average molecular weight is 382 g/mol. The third-order valence-electron chi connectivity index (χ3n) is 5.62. The fourth-order valence-corrected chi connectivity index (χ4v) is 4.25. The number of hydroxylamine groups is 2. The maximum absolute atomic E-state index is 13.6. The molecule has 5 heteroatoms. The number of carbonyl (C=O) groups is 1. The van der Waals surface area contributed by atoms with Gasteiger partial charge in [-0.15, -0.1) is 5.06 Å². The summed E-state index contributed by atoms with van der Waals surface area (Å²) in [6, 6.07) is 17.6. The summed E-state index contributed by atoms with van der Waals surface area (Å²) in [5.41, 5.74) is -1.70. The summed E-state index contributed by atoms with van der Waals surface area (Å²) in [5, 5.41) is 13.9. The number of carbonyl (C=O) groups excluding carboxylic acids is 1. The van der Waals surface area contributed by atoms with Gasteiger partial charge in [-0.25, -0.2) is 4.79 Å². The van der Waals surface area contributed by atoms with Gasteiger partial charge in [-0.3, -0.25) is 0 Å². The van der Waals surface area contributed by atoms with Crippen molar-refractivity contribution in [2.24, 2.45) is 0 Å². The number of rotatable bonds is 5. The first-order valence-corrected chi connectivity index (χ1v) is 9.69. The number of hydrogen-bond donors (Lipinski definition) is 0. The van der Waals surface area contributed by atoms with Gasteiger partial charge in [-0.2, -0.15) is 4.89 Å². The lowest BCUT2D eigenvalue weighted by Crippen LogP contribution is -2.60. The number of piperidine rings is 1. The van der Waals surface area contributed by atoms with E-state index in [0.29, 0.717) is 11.1 Å². The minimum absolute atomic E-state index is 0.348. The second-order valence-corrected chi connectivity index (χ2v) is 8.65. The van der Waals surface area contributed by atoms with Gasteiger partial charge in [0.25, 0.3) is 5.60 Å². The Hall–Kier alpha value is -2.21. The molecule has 28 heavy (non-hydrogen) atoms. The molecule has 0 N–H and O–H groups in total. The molecule has 1 saturated heterocycles. The van der Waals surface area contributed by atoms with Crippen LogP contribution in [0.2, 0.25) is 0 Å². The van der Waals surface area contributed by atoms with E-state index in [0.717, 1.165) is 19.3 Å². The molecule has 1 aliphatic rings. The highest BCUT2D eigenvalue weighted by Crippen LogP contribution is 2.41. The molecule has 3 rings (SSSR count). The van der Waals surface area contributed by atoms with Crippen LogP contribution in [-0.4, -0.2) is 22.1 Å². The summed E-state index contributed by atoms with van der Waals surface area (Å²) < 4.78 is 0. The predicted octanol–water partition coefficient (Wildman–Crippen LogP) is 4.79. The Labute approximate surface area is 166 Å². The fourth-order valence-electron chi connectivity index (χ4n) is 4.25. The normalized spacial score (nSPS) is 19.2. The monoisotopic (exact) mass is 382 g/mol. The van der Waals surface area contributed by atoms with Gasteiger partial charge in [0, 0.05) is 11.1 Å². The van der Waals surface area contributed by atoms with E-state index < -0.39 is 11.6 Å². The van der Waals surface area contributed by atoms with Crippen molar-refractivity contribution >= 4 is 5.97 Å². The summed E-state index contributed by atoms with van der Waals surface area (Å²) in [6.07, 6.45) is 2.84. The maximum atomic E-state index is 13.6. The van der Waals surface area contributed by atoms with Gasteiger partial charge in [0.15, 0.2) is 0 Å². The second kappa shape index (κ2) is 7.66. The van der Waals surface area contributed by atoms with Crippen LogP contribution in [0.4, 0.5) is 0 Å². The molecule has 0 saturated carbocycles. The Balaban J connectivity index is 2.07. The number of hydrogen-bond acceptors (Lipinski definition) is 4. The molecule has 1 radical (unpaired) electrons. The summed E-state index contributed by atoms with van der Waals surface area (Å²) in [6.45, 7) is 8.19. The van der Waals surface area contributed by atoms with Gasteiger partial charge in [-0.1, -0.05) is 60.7 Å². The van der Waals surface area contributed by atoms with Crippen molar-refractivity contribution in [2.45, 2.75) is 63.6 Å². The van der Waals surface area contributed by atoms with Crippen LogP contribution in [0.1, 0.15) is 58.1 Å². The van der Waals surface area contributed by atoms with Crippen molar-refractivity contribution in [1.29, 1.82) is 0 Å². The first-order valence-electron chi connectivity index (χ1n) is 9.69. The van der Waals surface area contributed by atoms with Gasteiger partial charge in [0.1, 0.15) is 0 Å². The summed E-state index contributed by atoms with van der Waals surface area (Å²) >= 11 is 0. The molecule has 149 valence electrons. The zero-order chi connectivity index (χ0) is 20.4. The Morgan fingerprint density at radius 3 is 1.68 bits per heavy atom. The molecule has 0 spiro atoms. The molecule has 2 aromatic rings. The Morgan fingerprint density at radius 2 is 1.29 bits per heavy atom. The molecule has 2 aromatic carbocycles. The predicted molar refractivity (Wildman–Crippen MR) is 105 cm³/mol. The minimum atomic E-state index is -1.88. The van der Waals surface area contributed by atoms with Crippen LogP contribution in [0, 0.1) is 0 Å². The van der Waals surface area contributed by atoms with E-state index in [1.54, 1.807) is 53.6 Å². The van der Waals surface area contributed by atoms with Crippen LogP contribution >= 0.6 is 0 Å². The van der Waals surface area contributed by atoms with E-state index >= 15 is 0 Å². The van der Waals surface area contributed by atoms with Crippen molar-refractivity contribution in [3.8, 4) is 0 Å². The smallest absolute Gasteiger partial charge is 0.364 e. The van der Waals surface area contributed by atoms with Crippen LogP contribution in [0.15, 0.2) is 60.7 Å². The Morgan fingerprint density at radius 1 is 0.857 bits per heavy atom. The molecule has 0 atom stereocenters. The third kappa shape index (κ3) is 3.58. The summed E-state index contributed by atoms with van der Waals surface area (Å²) in [5.74, 6) is -0.733. The fraction of sp³-hybridized carbons (Fsp3) is 0.435. The summed E-state index contributed by atoms with van der Waals surface area (Å²) in [4.78, 5) is 24.2. The molecule has 0 unspecified atom stereocenters. The van der Waals surface area contributed by atoms with Crippen molar-refractivity contribution in [3.63, 3.8) is 0 Å². The maximum Gasteiger partial charge on any atom is 0.370 e. The molecular formula is C23H28NO4. The van der Waals surface area contributed by atoms with Crippen molar-refractivity contribution < 1.29 is 19.8 Å². The van der Waals surface area contributed by atoms with E-state index in [1.165, 1.54) is 0 Å². The Kier molecular flexibility index (Phi) is 5.62. The van der Waals surface area contributed by atoms with Crippen molar-refractivity contribution in [1.82, 2.24) is 5.06 Å². The molecule has 0 amide bonds. The average Bonchev–Trinajstić information content (AvgIpc) is 2.67. The third-order valence-corrected chi connectivity index (χ3v) is 5.62. The van der Waals surface area contributed by atoms with E-state index in [2.05, 4.69) is 0 Å². The molecule has 0 aliphatic carbocycles. The SMILES string of the molecule is CC1(C)CCCC(C)(C)N1OC(=O)C(O[O])(c1ccccc1)c1ccccc1. The van der Waals surface area contributed by atoms with Crippen molar-refractivity contribution in [2.75, 3.05) is 0 Å². The lowest BCUT2D eigenvalue weighted by molar-refractivity contribution is -0.370. The van der Waals surface area contributed by atoms with Crippen LogP contribution < -0.4 is 0 Å². The first kappa shape index (κ1) is 20.5. The van der Waals surface area contributed by atoms with Crippen molar-refractivity contribution in [3.05, 3.63) is 71.8 Å². The zero-order valence-corrected chi connectivity index (χ0v) is 17.0. The number of nitrogens with zero attached hydrogens (tertiary/aromatic N) is 1. The highest BCUT2D eigenvalue weighted by Gasteiger charge is 2.52. The molecule has 0 aromatic heterocycles. The van der Waals surface area contributed by atoms with E-state index in [-0.39, 0.29) is 11.1 Å². The van der Waals surface area contributed by atoms with Crippen LogP contribution in [-0.2, 0) is 25.4 Å². The largest absolute Gasteiger partial charge is 0.370 e.